The van der Waals surface area contributed by atoms with Gasteiger partial charge in [0.15, 0.2) is 0 Å². The Morgan fingerprint density at radius 3 is 3.04 bits per heavy atom. The van der Waals surface area contributed by atoms with E-state index in [9.17, 15) is 4.79 Å². The summed E-state index contributed by atoms with van der Waals surface area (Å²) in [6.07, 6.45) is 9.15. The van der Waals surface area contributed by atoms with Crippen LogP contribution in [0.25, 0.3) is 11.1 Å². The average molecular weight is 339 g/mol. The van der Waals surface area contributed by atoms with Crippen molar-refractivity contribution in [1.82, 2.24) is 24.8 Å². The van der Waals surface area contributed by atoms with Crippen LogP contribution in [0, 0.1) is 0 Å². The Hall–Kier alpha value is -2.70. The molecule has 1 fully saturated rings. The van der Waals surface area contributed by atoms with Crippen LogP contribution < -0.4 is 0 Å². The number of carbonyl (C=O) groups excluding carboxylic acids is 1. The van der Waals surface area contributed by atoms with Gasteiger partial charge in [-0.05, 0) is 25.3 Å². The molecule has 1 aliphatic heterocycles. The fraction of sp³-hybridized carbons (Fsp3) is 0.444. The average Bonchev–Trinajstić information content (AvgIpc) is 3.33. The van der Waals surface area contributed by atoms with E-state index in [0.29, 0.717) is 11.3 Å². The maximum absolute atomic E-state index is 13.1. The third kappa shape index (κ3) is 2.79. The van der Waals surface area contributed by atoms with Crippen LogP contribution in [0.4, 0.5) is 0 Å². The van der Waals surface area contributed by atoms with Crippen LogP contribution in [-0.4, -0.2) is 37.3 Å². The van der Waals surface area contributed by atoms with Crippen LogP contribution in [0.5, 0.6) is 0 Å². The van der Waals surface area contributed by atoms with E-state index < -0.39 is 0 Å². The van der Waals surface area contributed by atoms with Crippen molar-refractivity contribution in [2.24, 2.45) is 7.05 Å². The van der Waals surface area contributed by atoms with Crippen molar-refractivity contribution >= 4 is 17.0 Å². The van der Waals surface area contributed by atoms with Crippen molar-refractivity contribution in [3.8, 4) is 0 Å². The number of hydrogen-bond acceptors (Lipinski definition) is 5. The minimum Gasteiger partial charge on any atom is -0.336 e. The van der Waals surface area contributed by atoms with Crippen molar-refractivity contribution < 1.29 is 9.32 Å². The van der Waals surface area contributed by atoms with E-state index in [0.717, 1.165) is 48.9 Å². The molecule has 0 unspecified atom stereocenters. The van der Waals surface area contributed by atoms with Crippen LogP contribution >= 0.6 is 0 Å². The highest BCUT2D eigenvalue weighted by atomic mass is 16.5. The highest BCUT2D eigenvalue weighted by Gasteiger charge is 2.31. The molecule has 1 atom stereocenters. The number of pyridine rings is 1. The van der Waals surface area contributed by atoms with Gasteiger partial charge in [-0.3, -0.25) is 9.48 Å². The van der Waals surface area contributed by atoms with Gasteiger partial charge in [0.05, 0.1) is 28.9 Å². The molecule has 130 valence electrons. The number of hydrogen-bond donors (Lipinski definition) is 0. The summed E-state index contributed by atoms with van der Waals surface area (Å²) in [5.74, 6) is 0.00408. The van der Waals surface area contributed by atoms with E-state index >= 15 is 0 Å². The molecule has 4 rings (SSSR count). The van der Waals surface area contributed by atoms with Gasteiger partial charge in [0.25, 0.3) is 11.6 Å². The van der Waals surface area contributed by atoms with Crippen LogP contribution in [0.1, 0.15) is 53.8 Å². The smallest absolute Gasteiger partial charge is 0.257 e. The number of carbonyl (C=O) groups is 1. The lowest BCUT2D eigenvalue weighted by Gasteiger charge is -2.23. The summed E-state index contributed by atoms with van der Waals surface area (Å²) < 4.78 is 7.03. The van der Waals surface area contributed by atoms with Gasteiger partial charge in [0.2, 0.25) is 0 Å². The van der Waals surface area contributed by atoms with E-state index in [4.69, 9.17) is 4.52 Å². The van der Waals surface area contributed by atoms with Gasteiger partial charge in [-0.1, -0.05) is 18.5 Å². The lowest BCUT2D eigenvalue weighted by molar-refractivity contribution is 0.0735. The minimum atomic E-state index is 0.00408. The SMILES string of the molecule is CCCc1noc2ncc(C(=O)N3CCC[C@H]3c3cnn(C)c3)cc12. The molecule has 25 heavy (non-hydrogen) atoms. The topological polar surface area (TPSA) is 77.1 Å². The van der Waals surface area contributed by atoms with Gasteiger partial charge in [0.1, 0.15) is 0 Å². The second kappa shape index (κ2) is 6.31. The van der Waals surface area contributed by atoms with E-state index in [-0.39, 0.29) is 11.9 Å². The summed E-state index contributed by atoms with van der Waals surface area (Å²) in [5.41, 5.74) is 3.03. The Balaban J connectivity index is 1.65. The fourth-order valence-corrected chi connectivity index (χ4v) is 3.55. The van der Waals surface area contributed by atoms with Gasteiger partial charge < -0.3 is 9.42 Å². The molecule has 3 aromatic heterocycles. The maximum Gasteiger partial charge on any atom is 0.257 e. The number of rotatable bonds is 4. The van der Waals surface area contributed by atoms with E-state index in [1.807, 2.05) is 30.4 Å². The molecule has 0 N–H and O–H groups in total. The highest BCUT2D eigenvalue weighted by Crippen LogP contribution is 2.33. The zero-order valence-electron chi connectivity index (χ0n) is 14.5. The molecule has 3 aromatic rings. The number of amides is 1. The highest BCUT2D eigenvalue weighted by molar-refractivity contribution is 5.97. The second-order valence-electron chi connectivity index (χ2n) is 6.56. The second-order valence-corrected chi connectivity index (χ2v) is 6.56. The monoisotopic (exact) mass is 339 g/mol. The van der Waals surface area contributed by atoms with Crippen molar-refractivity contribution in [3.05, 3.63) is 41.5 Å². The Kier molecular flexibility index (Phi) is 3.99. The summed E-state index contributed by atoms with van der Waals surface area (Å²) in [6.45, 7) is 2.84. The number of nitrogens with zero attached hydrogens (tertiary/aromatic N) is 5. The first-order valence-corrected chi connectivity index (χ1v) is 8.71. The molecule has 0 saturated carbocycles. The largest absolute Gasteiger partial charge is 0.336 e. The predicted molar refractivity (Wildman–Crippen MR) is 92.0 cm³/mol. The summed E-state index contributed by atoms with van der Waals surface area (Å²) in [6, 6.07) is 1.94. The lowest BCUT2D eigenvalue weighted by atomic mass is 10.1. The normalized spacial score (nSPS) is 17.5. The predicted octanol–water partition coefficient (Wildman–Crippen LogP) is 2.89. The first kappa shape index (κ1) is 15.8. The molecule has 0 aromatic carbocycles. The summed E-state index contributed by atoms with van der Waals surface area (Å²) in [5, 5.41) is 9.15. The molecule has 7 nitrogen and oxygen atoms in total. The van der Waals surface area contributed by atoms with Gasteiger partial charge in [-0.25, -0.2) is 4.98 Å². The Morgan fingerprint density at radius 1 is 1.40 bits per heavy atom. The summed E-state index contributed by atoms with van der Waals surface area (Å²) in [4.78, 5) is 19.3. The molecule has 4 heterocycles. The molecule has 1 amide bonds. The first-order valence-electron chi connectivity index (χ1n) is 8.71. The molecule has 7 heteroatoms. The molecule has 1 saturated heterocycles. The van der Waals surface area contributed by atoms with Crippen LogP contribution in [0.2, 0.25) is 0 Å². The number of likely N-dealkylation sites (tertiary alicyclic amines) is 1. The van der Waals surface area contributed by atoms with Crippen molar-refractivity contribution in [2.75, 3.05) is 6.54 Å². The van der Waals surface area contributed by atoms with E-state index in [1.165, 1.54) is 0 Å². The van der Waals surface area contributed by atoms with Crippen molar-refractivity contribution in [2.45, 2.75) is 38.6 Å². The summed E-state index contributed by atoms with van der Waals surface area (Å²) >= 11 is 0. The molecule has 0 bridgehead atoms. The molecule has 0 spiro atoms. The number of aromatic nitrogens is 4. The van der Waals surface area contributed by atoms with Crippen LogP contribution in [-0.2, 0) is 13.5 Å². The zero-order valence-corrected chi connectivity index (χ0v) is 14.5. The first-order chi connectivity index (χ1) is 12.2. The zero-order chi connectivity index (χ0) is 17.4. The maximum atomic E-state index is 13.1. The van der Waals surface area contributed by atoms with E-state index in [2.05, 4.69) is 22.2 Å². The van der Waals surface area contributed by atoms with E-state index in [1.54, 1.807) is 10.9 Å². The van der Waals surface area contributed by atoms with Crippen molar-refractivity contribution in [3.63, 3.8) is 0 Å². The molecular formula is C18H21N5O2. The third-order valence-corrected chi connectivity index (χ3v) is 4.76. The van der Waals surface area contributed by atoms with Crippen LogP contribution in [0.3, 0.4) is 0 Å². The fourth-order valence-electron chi connectivity index (χ4n) is 3.55. The lowest BCUT2D eigenvalue weighted by Crippen LogP contribution is -2.30. The van der Waals surface area contributed by atoms with Gasteiger partial charge in [0, 0.05) is 31.5 Å². The molecular weight excluding hydrogens is 318 g/mol. The summed E-state index contributed by atoms with van der Waals surface area (Å²) in [7, 11) is 1.89. The number of fused-ring (bicyclic) bond motifs is 1. The Morgan fingerprint density at radius 2 is 2.28 bits per heavy atom. The number of aryl methyl sites for hydroxylation is 2. The van der Waals surface area contributed by atoms with Gasteiger partial charge in [-0.15, -0.1) is 0 Å². The minimum absolute atomic E-state index is 0.00408. The van der Waals surface area contributed by atoms with Gasteiger partial charge in [-0.2, -0.15) is 5.10 Å². The standard InChI is InChI=1S/C18H21N5O2/c1-3-5-15-14-8-12(9-19-17(14)25-21-15)18(24)23-7-4-6-16(23)13-10-20-22(2)11-13/h8-11,16H,3-7H2,1-2H3/t16-/m0/s1. The Labute approximate surface area is 145 Å². The molecule has 0 radical (unpaired) electrons. The molecule has 1 aliphatic rings. The quantitative estimate of drug-likeness (QED) is 0.730. The van der Waals surface area contributed by atoms with Crippen LogP contribution in [0.15, 0.2) is 29.2 Å². The van der Waals surface area contributed by atoms with Gasteiger partial charge >= 0.3 is 0 Å². The Bertz CT molecular complexity index is 913. The third-order valence-electron chi connectivity index (χ3n) is 4.76. The molecule has 0 aliphatic carbocycles. The van der Waals surface area contributed by atoms with Crippen molar-refractivity contribution in [1.29, 1.82) is 0 Å².